The van der Waals surface area contributed by atoms with Gasteiger partial charge >= 0.3 is 0 Å². The minimum atomic E-state index is 0.524. The van der Waals surface area contributed by atoms with Gasteiger partial charge in [0.25, 0.3) is 0 Å². The molecule has 0 saturated heterocycles. The maximum atomic E-state index is 5.95. The van der Waals surface area contributed by atoms with Crippen molar-refractivity contribution in [2.24, 2.45) is 0 Å². The Balaban J connectivity index is 2.31. The molecule has 1 aromatic heterocycles. The third-order valence-corrected chi connectivity index (χ3v) is 2.72. The number of hydrogen-bond acceptors (Lipinski definition) is 2. The van der Waals surface area contributed by atoms with Gasteiger partial charge in [-0.25, -0.2) is 4.98 Å². The van der Waals surface area contributed by atoms with E-state index in [1.165, 1.54) is 19.3 Å². The molecule has 0 N–H and O–H groups in total. The van der Waals surface area contributed by atoms with Gasteiger partial charge in [-0.05, 0) is 28.4 Å². The zero-order valence-electron chi connectivity index (χ0n) is 8.80. The fourth-order valence-corrected chi connectivity index (χ4v) is 1.89. The highest BCUT2D eigenvalue weighted by Gasteiger charge is 2.03. The lowest BCUT2D eigenvalue weighted by Gasteiger charge is -2.06. The van der Waals surface area contributed by atoms with Crippen LogP contribution in [0.1, 0.15) is 32.6 Å². The van der Waals surface area contributed by atoms with E-state index < -0.39 is 0 Å². The SMILES string of the molecule is CCCCCCOc1ncc(Br)cc1Cl. The zero-order valence-corrected chi connectivity index (χ0v) is 11.1. The van der Waals surface area contributed by atoms with E-state index in [0.717, 1.165) is 10.9 Å². The van der Waals surface area contributed by atoms with Crippen LogP contribution in [-0.4, -0.2) is 11.6 Å². The summed E-state index contributed by atoms with van der Waals surface area (Å²) in [4.78, 5) is 4.09. The van der Waals surface area contributed by atoms with Crippen LogP contribution < -0.4 is 4.74 Å². The summed E-state index contributed by atoms with van der Waals surface area (Å²) in [5.41, 5.74) is 0. The van der Waals surface area contributed by atoms with Crippen LogP contribution in [0.15, 0.2) is 16.7 Å². The average molecular weight is 293 g/mol. The Labute approximate surface area is 104 Å². The van der Waals surface area contributed by atoms with Crippen molar-refractivity contribution in [3.05, 3.63) is 21.8 Å². The minimum Gasteiger partial charge on any atom is -0.477 e. The molecule has 0 aliphatic heterocycles. The van der Waals surface area contributed by atoms with E-state index >= 15 is 0 Å². The summed E-state index contributed by atoms with van der Waals surface area (Å²) in [6, 6.07) is 1.79. The molecule has 1 heterocycles. The van der Waals surface area contributed by atoms with Gasteiger partial charge in [-0.2, -0.15) is 0 Å². The van der Waals surface area contributed by atoms with Crippen LogP contribution >= 0.6 is 27.5 Å². The Bertz CT molecular complexity index is 307. The average Bonchev–Trinajstić information content (AvgIpc) is 2.20. The number of unbranched alkanes of at least 4 members (excludes halogenated alkanes) is 3. The predicted octanol–water partition coefficient (Wildman–Crippen LogP) is 4.46. The van der Waals surface area contributed by atoms with Gasteiger partial charge < -0.3 is 4.74 Å². The number of hydrogen-bond donors (Lipinski definition) is 0. The van der Waals surface area contributed by atoms with Crippen LogP contribution in [0.3, 0.4) is 0 Å². The number of aromatic nitrogens is 1. The third kappa shape index (κ3) is 4.85. The van der Waals surface area contributed by atoms with E-state index in [2.05, 4.69) is 27.8 Å². The quantitative estimate of drug-likeness (QED) is 0.722. The Morgan fingerprint density at radius 2 is 2.20 bits per heavy atom. The molecule has 0 radical (unpaired) electrons. The summed E-state index contributed by atoms with van der Waals surface area (Å²) >= 11 is 9.25. The summed E-state index contributed by atoms with van der Waals surface area (Å²) in [7, 11) is 0. The first-order valence-electron chi connectivity index (χ1n) is 5.18. The molecule has 4 heteroatoms. The predicted molar refractivity (Wildman–Crippen MR) is 66.6 cm³/mol. The Morgan fingerprint density at radius 1 is 1.40 bits per heavy atom. The molecule has 0 spiro atoms. The van der Waals surface area contributed by atoms with Crippen molar-refractivity contribution in [1.29, 1.82) is 0 Å². The van der Waals surface area contributed by atoms with E-state index in [1.54, 1.807) is 12.3 Å². The van der Waals surface area contributed by atoms with Gasteiger partial charge in [0, 0.05) is 10.7 Å². The number of rotatable bonds is 6. The van der Waals surface area contributed by atoms with E-state index in [1.807, 2.05) is 0 Å². The molecule has 1 rings (SSSR count). The summed E-state index contributed by atoms with van der Waals surface area (Å²) in [6.07, 6.45) is 6.43. The maximum Gasteiger partial charge on any atom is 0.232 e. The summed E-state index contributed by atoms with van der Waals surface area (Å²) in [5.74, 6) is 0.524. The third-order valence-electron chi connectivity index (χ3n) is 2.01. The largest absolute Gasteiger partial charge is 0.477 e. The van der Waals surface area contributed by atoms with Gasteiger partial charge in [0.15, 0.2) is 0 Å². The highest BCUT2D eigenvalue weighted by atomic mass is 79.9. The lowest BCUT2D eigenvalue weighted by molar-refractivity contribution is 0.294. The van der Waals surface area contributed by atoms with Crippen molar-refractivity contribution in [3.63, 3.8) is 0 Å². The number of nitrogens with zero attached hydrogens (tertiary/aromatic N) is 1. The first kappa shape index (κ1) is 12.8. The van der Waals surface area contributed by atoms with Gasteiger partial charge in [0.1, 0.15) is 5.02 Å². The monoisotopic (exact) mass is 291 g/mol. The molecule has 0 fully saturated rings. The molecular weight excluding hydrogens is 277 g/mol. The molecule has 0 aliphatic carbocycles. The zero-order chi connectivity index (χ0) is 11.1. The van der Waals surface area contributed by atoms with Crippen molar-refractivity contribution >= 4 is 27.5 Å². The van der Waals surface area contributed by atoms with Gasteiger partial charge in [-0.1, -0.05) is 37.8 Å². The van der Waals surface area contributed by atoms with E-state index in [0.29, 0.717) is 17.5 Å². The minimum absolute atomic E-state index is 0.524. The Morgan fingerprint density at radius 3 is 2.87 bits per heavy atom. The fraction of sp³-hybridized carbons (Fsp3) is 0.545. The van der Waals surface area contributed by atoms with Crippen LogP contribution in [0.2, 0.25) is 5.02 Å². The van der Waals surface area contributed by atoms with E-state index in [9.17, 15) is 0 Å². The van der Waals surface area contributed by atoms with Crippen LogP contribution in [-0.2, 0) is 0 Å². The molecule has 0 aromatic carbocycles. The molecule has 0 bridgehead atoms. The van der Waals surface area contributed by atoms with Gasteiger partial charge in [0.05, 0.1) is 6.61 Å². The molecule has 2 nitrogen and oxygen atoms in total. The molecule has 0 saturated carbocycles. The lowest BCUT2D eigenvalue weighted by atomic mass is 10.2. The summed E-state index contributed by atoms with van der Waals surface area (Å²) in [5, 5.41) is 0.555. The summed E-state index contributed by atoms with van der Waals surface area (Å²) < 4.78 is 6.34. The van der Waals surface area contributed by atoms with Crippen LogP contribution in [0, 0.1) is 0 Å². The van der Waals surface area contributed by atoms with Crippen molar-refractivity contribution in [2.45, 2.75) is 32.6 Å². The standard InChI is InChI=1S/C11H15BrClNO/c1-2-3-4-5-6-15-11-10(13)7-9(12)8-14-11/h7-8H,2-6H2,1H3. The molecule has 15 heavy (non-hydrogen) atoms. The maximum absolute atomic E-state index is 5.95. The Kier molecular flexibility index (Phi) is 6.03. The van der Waals surface area contributed by atoms with Crippen molar-refractivity contribution in [3.8, 4) is 5.88 Å². The first-order valence-corrected chi connectivity index (χ1v) is 6.35. The molecular formula is C11H15BrClNO. The summed E-state index contributed by atoms with van der Waals surface area (Å²) in [6.45, 7) is 2.88. The van der Waals surface area contributed by atoms with Crippen LogP contribution in [0.25, 0.3) is 0 Å². The van der Waals surface area contributed by atoms with E-state index in [-0.39, 0.29) is 0 Å². The second kappa shape index (κ2) is 7.07. The molecule has 84 valence electrons. The van der Waals surface area contributed by atoms with Crippen molar-refractivity contribution in [1.82, 2.24) is 4.98 Å². The highest BCUT2D eigenvalue weighted by molar-refractivity contribution is 9.10. The second-order valence-corrected chi connectivity index (χ2v) is 4.67. The second-order valence-electron chi connectivity index (χ2n) is 3.35. The normalized spacial score (nSPS) is 10.3. The molecule has 0 unspecified atom stereocenters. The number of ether oxygens (including phenoxy) is 1. The molecule has 0 atom stereocenters. The number of halogens is 2. The lowest BCUT2D eigenvalue weighted by Crippen LogP contribution is -1.99. The van der Waals surface area contributed by atoms with Gasteiger partial charge in [0.2, 0.25) is 5.88 Å². The number of pyridine rings is 1. The fourth-order valence-electron chi connectivity index (χ4n) is 1.21. The van der Waals surface area contributed by atoms with Crippen LogP contribution in [0.5, 0.6) is 5.88 Å². The van der Waals surface area contributed by atoms with E-state index in [4.69, 9.17) is 16.3 Å². The van der Waals surface area contributed by atoms with Gasteiger partial charge in [-0.3, -0.25) is 0 Å². The first-order chi connectivity index (χ1) is 7.24. The van der Waals surface area contributed by atoms with Crippen molar-refractivity contribution in [2.75, 3.05) is 6.61 Å². The highest BCUT2D eigenvalue weighted by Crippen LogP contribution is 2.24. The molecule has 0 amide bonds. The smallest absolute Gasteiger partial charge is 0.232 e. The van der Waals surface area contributed by atoms with Gasteiger partial charge in [-0.15, -0.1) is 0 Å². The molecule has 1 aromatic rings. The van der Waals surface area contributed by atoms with Crippen molar-refractivity contribution < 1.29 is 4.74 Å². The topological polar surface area (TPSA) is 22.1 Å². The van der Waals surface area contributed by atoms with Crippen LogP contribution in [0.4, 0.5) is 0 Å². The Hall–Kier alpha value is -0.280. The molecule has 0 aliphatic rings.